The zero-order chi connectivity index (χ0) is 18.4. The Morgan fingerprint density at radius 3 is 2.36 bits per heavy atom. The van der Waals surface area contributed by atoms with Crippen LogP contribution in [0.2, 0.25) is 0 Å². The minimum atomic E-state index is -0.947. The molecule has 7 nitrogen and oxygen atoms in total. The van der Waals surface area contributed by atoms with E-state index in [1.54, 1.807) is 31.2 Å². The summed E-state index contributed by atoms with van der Waals surface area (Å²) in [5, 5.41) is 14.6. The predicted molar refractivity (Wildman–Crippen MR) is 94.6 cm³/mol. The highest BCUT2D eigenvalue weighted by atomic mass is 16.4. The van der Waals surface area contributed by atoms with Crippen molar-refractivity contribution in [2.75, 3.05) is 18.9 Å². The van der Waals surface area contributed by atoms with Crippen LogP contribution in [0.3, 0.4) is 0 Å². The lowest BCUT2D eigenvalue weighted by molar-refractivity contribution is -0.141. The first kappa shape index (κ1) is 18.8. The number of carbonyl (C=O) groups is 3. The number of nitrogens with one attached hydrogen (secondary N) is 2. The Morgan fingerprint density at radius 1 is 1.20 bits per heavy atom. The quantitative estimate of drug-likeness (QED) is 0.736. The second kappa shape index (κ2) is 8.50. The number of rotatable bonds is 6. The van der Waals surface area contributed by atoms with E-state index in [-0.39, 0.29) is 18.5 Å². The molecule has 3 N–H and O–H groups in total. The highest BCUT2D eigenvalue weighted by Gasteiger charge is 2.19. The average Bonchev–Trinajstić information content (AvgIpc) is 3.08. The minimum Gasteiger partial charge on any atom is -0.481 e. The second-order valence-corrected chi connectivity index (χ2v) is 6.58. The van der Waals surface area contributed by atoms with Crippen molar-refractivity contribution in [3.63, 3.8) is 0 Å². The van der Waals surface area contributed by atoms with Gasteiger partial charge in [-0.05, 0) is 37.1 Å². The standard InChI is InChI=1S/C18H25N3O4/c1-12(17(23)24)11-21(2)18(25)20-15-9-7-13(8-10-15)16(22)19-14-5-3-4-6-14/h7-10,12,14H,3-6,11H2,1-2H3,(H,19,22)(H,20,25)(H,23,24). The van der Waals surface area contributed by atoms with Crippen LogP contribution < -0.4 is 10.6 Å². The van der Waals surface area contributed by atoms with E-state index >= 15 is 0 Å². The van der Waals surface area contributed by atoms with E-state index in [2.05, 4.69) is 10.6 Å². The lowest BCUT2D eigenvalue weighted by Crippen LogP contribution is -2.36. The van der Waals surface area contributed by atoms with Gasteiger partial charge in [-0.2, -0.15) is 0 Å². The van der Waals surface area contributed by atoms with Gasteiger partial charge in [-0.1, -0.05) is 19.8 Å². The van der Waals surface area contributed by atoms with Gasteiger partial charge in [-0.3, -0.25) is 9.59 Å². The van der Waals surface area contributed by atoms with Crippen molar-refractivity contribution in [2.24, 2.45) is 5.92 Å². The van der Waals surface area contributed by atoms with Crippen LogP contribution in [0.1, 0.15) is 43.0 Å². The Bertz CT molecular complexity index is 624. The Balaban J connectivity index is 1.87. The molecule has 1 saturated carbocycles. The number of aliphatic carboxylic acids is 1. The Kier molecular flexibility index (Phi) is 6.38. The molecule has 136 valence electrons. The SMILES string of the molecule is CC(CN(C)C(=O)Nc1ccc(C(=O)NC2CCCC2)cc1)C(=O)O. The van der Waals surface area contributed by atoms with Crippen molar-refractivity contribution in [3.8, 4) is 0 Å². The molecule has 0 aromatic heterocycles. The van der Waals surface area contributed by atoms with E-state index in [0.717, 1.165) is 25.7 Å². The summed E-state index contributed by atoms with van der Waals surface area (Å²) in [4.78, 5) is 36.4. The van der Waals surface area contributed by atoms with Gasteiger partial charge in [0.25, 0.3) is 5.91 Å². The number of benzene rings is 1. The molecule has 1 aromatic rings. The molecule has 1 aliphatic carbocycles. The molecule has 3 amide bonds. The molecular formula is C18H25N3O4. The number of carbonyl (C=O) groups excluding carboxylic acids is 2. The molecule has 0 aliphatic heterocycles. The van der Waals surface area contributed by atoms with Gasteiger partial charge >= 0.3 is 12.0 Å². The van der Waals surface area contributed by atoms with Crippen LogP contribution in [0.5, 0.6) is 0 Å². The van der Waals surface area contributed by atoms with Gasteiger partial charge in [0.2, 0.25) is 0 Å². The Morgan fingerprint density at radius 2 is 1.80 bits per heavy atom. The topological polar surface area (TPSA) is 98.7 Å². The summed E-state index contributed by atoms with van der Waals surface area (Å²) in [6.07, 6.45) is 4.37. The summed E-state index contributed by atoms with van der Waals surface area (Å²) in [5.74, 6) is -1.69. The van der Waals surface area contributed by atoms with E-state index in [0.29, 0.717) is 11.3 Å². The first-order chi connectivity index (χ1) is 11.9. The highest BCUT2D eigenvalue weighted by molar-refractivity contribution is 5.95. The summed E-state index contributed by atoms with van der Waals surface area (Å²) in [5.41, 5.74) is 1.11. The molecule has 0 bridgehead atoms. The average molecular weight is 347 g/mol. The monoisotopic (exact) mass is 347 g/mol. The second-order valence-electron chi connectivity index (χ2n) is 6.58. The summed E-state index contributed by atoms with van der Waals surface area (Å²) in [6.45, 7) is 1.66. The third-order valence-electron chi connectivity index (χ3n) is 4.40. The van der Waals surface area contributed by atoms with Crippen LogP contribution in [0.25, 0.3) is 0 Å². The minimum absolute atomic E-state index is 0.0998. The fraction of sp³-hybridized carbons (Fsp3) is 0.500. The van der Waals surface area contributed by atoms with Gasteiger partial charge in [-0.25, -0.2) is 4.79 Å². The van der Waals surface area contributed by atoms with Crippen LogP contribution in [0.15, 0.2) is 24.3 Å². The van der Waals surface area contributed by atoms with Gasteiger partial charge in [0.05, 0.1) is 5.92 Å². The van der Waals surface area contributed by atoms with E-state index < -0.39 is 17.9 Å². The van der Waals surface area contributed by atoms with Crippen molar-refractivity contribution in [1.29, 1.82) is 0 Å². The van der Waals surface area contributed by atoms with Gasteiger partial charge < -0.3 is 20.6 Å². The number of anilines is 1. The third kappa shape index (κ3) is 5.48. The molecular weight excluding hydrogens is 322 g/mol. The van der Waals surface area contributed by atoms with E-state index in [1.165, 1.54) is 11.9 Å². The normalized spacial score (nSPS) is 15.4. The molecule has 25 heavy (non-hydrogen) atoms. The first-order valence-corrected chi connectivity index (χ1v) is 8.52. The number of amides is 3. The molecule has 1 fully saturated rings. The summed E-state index contributed by atoms with van der Waals surface area (Å²) < 4.78 is 0. The van der Waals surface area contributed by atoms with Crippen molar-refractivity contribution < 1.29 is 19.5 Å². The summed E-state index contributed by atoms with van der Waals surface area (Å²) >= 11 is 0. The largest absolute Gasteiger partial charge is 0.481 e. The number of urea groups is 1. The molecule has 0 spiro atoms. The molecule has 1 atom stereocenters. The lowest BCUT2D eigenvalue weighted by Gasteiger charge is -2.20. The number of carboxylic acids is 1. The molecule has 7 heteroatoms. The number of nitrogens with zero attached hydrogens (tertiary/aromatic N) is 1. The van der Waals surface area contributed by atoms with Gasteiger partial charge in [0.15, 0.2) is 0 Å². The summed E-state index contributed by atoms with van der Waals surface area (Å²) in [7, 11) is 1.54. The maximum Gasteiger partial charge on any atom is 0.321 e. The van der Waals surface area contributed by atoms with Crippen molar-refractivity contribution >= 4 is 23.6 Å². The fourth-order valence-corrected chi connectivity index (χ4v) is 2.83. The van der Waals surface area contributed by atoms with Crippen LogP contribution in [0.4, 0.5) is 10.5 Å². The van der Waals surface area contributed by atoms with Crippen molar-refractivity contribution in [1.82, 2.24) is 10.2 Å². The van der Waals surface area contributed by atoms with E-state index in [4.69, 9.17) is 5.11 Å². The van der Waals surface area contributed by atoms with E-state index in [1.807, 2.05) is 0 Å². The Labute approximate surface area is 147 Å². The fourth-order valence-electron chi connectivity index (χ4n) is 2.83. The predicted octanol–water partition coefficient (Wildman–Crippen LogP) is 2.54. The maximum atomic E-state index is 12.2. The molecule has 1 aromatic carbocycles. The number of hydrogen-bond acceptors (Lipinski definition) is 3. The first-order valence-electron chi connectivity index (χ1n) is 8.52. The zero-order valence-corrected chi connectivity index (χ0v) is 14.6. The van der Waals surface area contributed by atoms with Crippen LogP contribution in [-0.4, -0.2) is 47.5 Å². The highest BCUT2D eigenvalue weighted by Crippen LogP contribution is 2.18. The molecule has 0 saturated heterocycles. The molecule has 2 rings (SSSR count). The maximum absolute atomic E-state index is 12.2. The van der Waals surface area contributed by atoms with Crippen LogP contribution in [-0.2, 0) is 4.79 Å². The number of hydrogen-bond donors (Lipinski definition) is 3. The lowest BCUT2D eigenvalue weighted by atomic mass is 10.1. The van der Waals surface area contributed by atoms with Gasteiger partial charge in [0, 0.05) is 30.9 Å². The molecule has 0 radical (unpaired) electrons. The summed E-state index contributed by atoms with van der Waals surface area (Å²) in [6, 6.07) is 6.53. The van der Waals surface area contributed by atoms with Crippen LogP contribution >= 0.6 is 0 Å². The Hall–Kier alpha value is -2.57. The zero-order valence-electron chi connectivity index (χ0n) is 14.6. The molecule has 1 unspecified atom stereocenters. The van der Waals surface area contributed by atoms with Crippen molar-refractivity contribution in [3.05, 3.63) is 29.8 Å². The van der Waals surface area contributed by atoms with Crippen LogP contribution in [0, 0.1) is 5.92 Å². The van der Waals surface area contributed by atoms with E-state index in [9.17, 15) is 14.4 Å². The van der Waals surface area contributed by atoms with Crippen molar-refractivity contribution in [2.45, 2.75) is 38.6 Å². The van der Waals surface area contributed by atoms with Gasteiger partial charge in [0.1, 0.15) is 0 Å². The van der Waals surface area contributed by atoms with Gasteiger partial charge in [-0.15, -0.1) is 0 Å². The molecule has 1 aliphatic rings. The third-order valence-corrected chi connectivity index (χ3v) is 4.40. The smallest absolute Gasteiger partial charge is 0.321 e. The number of carboxylic acid groups (broad SMARTS) is 1. The molecule has 0 heterocycles.